The molecule has 1 aromatic heterocycles. The highest BCUT2D eigenvalue weighted by Crippen LogP contribution is 2.07. The van der Waals surface area contributed by atoms with Crippen LogP contribution in [0.5, 0.6) is 0 Å². The number of rotatable bonds is 4. The first-order valence-electron chi connectivity index (χ1n) is 5.46. The Balaban J connectivity index is 2.75. The van der Waals surface area contributed by atoms with E-state index in [0.29, 0.717) is 12.2 Å². The number of carbonyl (C=O) groups is 1. The summed E-state index contributed by atoms with van der Waals surface area (Å²) in [7, 11) is 1.64. The van der Waals surface area contributed by atoms with Crippen molar-refractivity contribution >= 4 is 5.91 Å². The molecule has 3 N–H and O–H groups in total. The van der Waals surface area contributed by atoms with Gasteiger partial charge in [-0.15, -0.1) is 0 Å². The van der Waals surface area contributed by atoms with E-state index in [1.807, 2.05) is 0 Å². The average Bonchev–Trinajstić information content (AvgIpc) is 2.26. The minimum Gasteiger partial charge on any atom is -0.389 e. The monoisotopic (exact) mass is 237 g/mol. The number of carbonyl (C=O) groups excluding carboxylic acids is 1. The molecule has 0 saturated heterocycles. The molecule has 0 spiro atoms. The van der Waals surface area contributed by atoms with E-state index >= 15 is 0 Å². The maximum absolute atomic E-state index is 11.9. The van der Waals surface area contributed by atoms with E-state index in [1.54, 1.807) is 39.2 Å². The molecular formula is C12H19N3O2. The highest BCUT2D eigenvalue weighted by molar-refractivity contribution is 5.92. The number of aliphatic hydroxyl groups is 1. The smallest absolute Gasteiger partial charge is 0.272 e. The fourth-order valence-corrected chi connectivity index (χ4v) is 1.52. The van der Waals surface area contributed by atoms with Gasteiger partial charge < -0.3 is 15.7 Å². The summed E-state index contributed by atoms with van der Waals surface area (Å²) < 4.78 is 0. The molecule has 1 heterocycles. The van der Waals surface area contributed by atoms with Crippen molar-refractivity contribution in [3.05, 3.63) is 29.6 Å². The molecular weight excluding hydrogens is 218 g/mol. The SMILES string of the molecule is CN(CC(C)(C)O)C(=O)c1ccc(CN)cn1. The van der Waals surface area contributed by atoms with E-state index < -0.39 is 5.60 Å². The fraction of sp³-hybridized carbons (Fsp3) is 0.500. The second-order valence-corrected chi connectivity index (χ2v) is 4.73. The number of aromatic nitrogens is 1. The van der Waals surface area contributed by atoms with Gasteiger partial charge in [-0.3, -0.25) is 9.78 Å². The molecule has 1 aromatic rings. The summed E-state index contributed by atoms with van der Waals surface area (Å²) in [6, 6.07) is 3.42. The number of likely N-dealkylation sites (N-methyl/N-ethyl adjacent to an activating group) is 1. The lowest BCUT2D eigenvalue weighted by Gasteiger charge is -2.25. The summed E-state index contributed by atoms with van der Waals surface area (Å²) in [5.41, 5.74) is 5.77. The molecule has 0 unspecified atom stereocenters. The maximum atomic E-state index is 11.9. The molecule has 0 fully saturated rings. The Morgan fingerprint density at radius 3 is 2.59 bits per heavy atom. The van der Waals surface area contributed by atoms with Crippen LogP contribution in [0.2, 0.25) is 0 Å². The second-order valence-electron chi connectivity index (χ2n) is 4.73. The third-order valence-electron chi connectivity index (χ3n) is 2.25. The fourth-order valence-electron chi connectivity index (χ4n) is 1.52. The largest absolute Gasteiger partial charge is 0.389 e. The van der Waals surface area contributed by atoms with Crippen LogP contribution in [0.15, 0.2) is 18.3 Å². The molecule has 1 amide bonds. The highest BCUT2D eigenvalue weighted by Gasteiger charge is 2.20. The van der Waals surface area contributed by atoms with Crippen LogP contribution in [0.25, 0.3) is 0 Å². The summed E-state index contributed by atoms with van der Waals surface area (Å²) in [5.74, 6) is -0.212. The molecule has 0 aliphatic carbocycles. The molecule has 0 atom stereocenters. The van der Waals surface area contributed by atoms with E-state index in [1.165, 1.54) is 4.90 Å². The second kappa shape index (κ2) is 5.25. The quantitative estimate of drug-likeness (QED) is 0.793. The van der Waals surface area contributed by atoms with Crippen LogP contribution in [0.1, 0.15) is 29.9 Å². The molecule has 0 radical (unpaired) electrons. The minimum atomic E-state index is -0.915. The number of nitrogens with two attached hydrogens (primary N) is 1. The Morgan fingerprint density at radius 1 is 1.53 bits per heavy atom. The zero-order valence-corrected chi connectivity index (χ0v) is 10.5. The third kappa shape index (κ3) is 4.13. The first-order chi connectivity index (χ1) is 7.83. The maximum Gasteiger partial charge on any atom is 0.272 e. The van der Waals surface area contributed by atoms with Crippen LogP contribution in [0, 0.1) is 0 Å². The van der Waals surface area contributed by atoms with Gasteiger partial charge in [-0.25, -0.2) is 0 Å². The van der Waals surface area contributed by atoms with Gasteiger partial charge in [0.1, 0.15) is 5.69 Å². The molecule has 0 aromatic carbocycles. The minimum absolute atomic E-state index is 0.212. The van der Waals surface area contributed by atoms with E-state index in [9.17, 15) is 9.90 Å². The zero-order valence-electron chi connectivity index (χ0n) is 10.5. The van der Waals surface area contributed by atoms with Gasteiger partial charge in [0.15, 0.2) is 0 Å². The van der Waals surface area contributed by atoms with Crippen molar-refractivity contribution in [2.45, 2.75) is 26.0 Å². The molecule has 0 aliphatic heterocycles. The number of nitrogens with zero attached hydrogens (tertiary/aromatic N) is 2. The van der Waals surface area contributed by atoms with Gasteiger partial charge in [0.05, 0.1) is 5.60 Å². The van der Waals surface area contributed by atoms with Crippen LogP contribution in [0.3, 0.4) is 0 Å². The number of amides is 1. The summed E-state index contributed by atoms with van der Waals surface area (Å²) >= 11 is 0. The lowest BCUT2D eigenvalue weighted by Crippen LogP contribution is -2.40. The predicted octanol–water partition coefficient (Wildman–Crippen LogP) is 0.383. The van der Waals surface area contributed by atoms with Gasteiger partial charge in [-0.1, -0.05) is 6.07 Å². The van der Waals surface area contributed by atoms with Gasteiger partial charge in [0, 0.05) is 26.3 Å². The van der Waals surface area contributed by atoms with Crippen molar-refractivity contribution in [1.82, 2.24) is 9.88 Å². The molecule has 94 valence electrons. The summed E-state index contributed by atoms with van der Waals surface area (Å²) in [6.07, 6.45) is 1.59. The van der Waals surface area contributed by atoms with Gasteiger partial charge in [0.2, 0.25) is 0 Å². The van der Waals surface area contributed by atoms with Crippen molar-refractivity contribution in [1.29, 1.82) is 0 Å². The van der Waals surface area contributed by atoms with Crippen LogP contribution in [-0.2, 0) is 6.54 Å². The Bertz CT molecular complexity index is 382. The lowest BCUT2D eigenvalue weighted by molar-refractivity contribution is 0.0365. The van der Waals surface area contributed by atoms with Gasteiger partial charge in [0.25, 0.3) is 5.91 Å². The molecule has 1 rings (SSSR count). The third-order valence-corrected chi connectivity index (χ3v) is 2.25. The topological polar surface area (TPSA) is 79.5 Å². The van der Waals surface area contributed by atoms with Crippen molar-refractivity contribution < 1.29 is 9.90 Å². The Labute approximate surface area is 101 Å². The first-order valence-corrected chi connectivity index (χ1v) is 5.46. The molecule has 5 nitrogen and oxygen atoms in total. The lowest BCUT2D eigenvalue weighted by atomic mass is 10.1. The van der Waals surface area contributed by atoms with Crippen LogP contribution < -0.4 is 5.73 Å². The van der Waals surface area contributed by atoms with Gasteiger partial charge in [-0.2, -0.15) is 0 Å². The molecule has 5 heteroatoms. The Kier molecular flexibility index (Phi) is 4.20. The number of hydrogen-bond acceptors (Lipinski definition) is 4. The zero-order chi connectivity index (χ0) is 13.1. The van der Waals surface area contributed by atoms with Crippen molar-refractivity contribution in [3.8, 4) is 0 Å². The van der Waals surface area contributed by atoms with Crippen LogP contribution >= 0.6 is 0 Å². The predicted molar refractivity (Wildman–Crippen MR) is 65.4 cm³/mol. The standard InChI is InChI=1S/C12H19N3O2/c1-12(2,17)8-15(3)11(16)10-5-4-9(6-13)7-14-10/h4-5,7,17H,6,8,13H2,1-3H3. The molecule has 17 heavy (non-hydrogen) atoms. The highest BCUT2D eigenvalue weighted by atomic mass is 16.3. The van der Waals surface area contributed by atoms with Gasteiger partial charge in [-0.05, 0) is 25.5 Å². The van der Waals surface area contributed by atoms with Crippen LogP contribution in [-0.4, -0.2) is 40.1 Å². The van der Waals surface area contributed by atoms with E-state index in [4.69, 9.17) is 5.73 Å². The van der Waals surface area contributed by atoms with E-state index in [-0.39, 0.29) is 12.5 Å². The molecule has 0 bridgehead atoms. The van der Waals surface area contributed by atoms with Crippen molar-refractivity contribution in [3.63, 3.8) is 0 Å². The normalized spacial score (nSPS) is 11.4. The Morgan fingerprint density at radius 2 is 2.18 bits per heavy atom. The van der Waals surface area contributed by atoms with E-state index in [2.05, 4.69) is 4.98 Å². The van der Waals surface area contributed by atoms with Crippen molar-refractivity contribution in [2.75, 3.05) is 13.6 Å². The molecule has 0 saturated carbocycles. The molecule has 0 aliphatic rings. The number of pyridine rings is 1. The number of hydrogen-bond donors (Lipinski definition) is 2. The average molecular weight is 237 g/mol. The summed E-state index contributed by atoms with van der Waals surface area (Å²) in [4.78, 5) is 17.4. The van der Waals surface area contributed by atoms with E-state index in [0.717, 1.165) is 5.56 Å². The summed E-state index contributed by atoms with van der Waals surface area (Å²) in [5, 5.41) is 9.64. The first kappa shape index (κ1) is 13.6. The van der Waals surface area contributed by atoms with Gasteiger partial charge >= 0.3 is 0 Å². The Hall–Kier alpha value is -1.46. The summed E-state index contributed by atoms with van der Waals surface area (Å²) in [6.45, 7) is 3.97. The van der Waals surface area contributed by atoms with Crippen LogP contribution in [0.4, 0.5) is 0 Å². The van der Waals surface area contributed by atoms with Crippen molar-refractivity contribution in [2.24, 2.45) is 5.73 Å².